The highest BCUT2D eigenvalue weighted by Crippen LogP contribution is 2.36. The lowest BCUT2D eigenvalue weighted by atomic mass is 9.83. The van der Waals surface area contributed by atoms with Gasteiger partial charge in [0.05, 0.1) is 11.7 Å². The zero-order valence-corrected chi connectivity index (χ0v) is 10.9. The number of fused-ring (bicyclic) bond motifs is 3. The van der Waals surface area contributed by atoms with Crippen LogP contribution >= 0.6 is 0 Å². The molecule has 4 rings (SSSR count). The fourth-order valence-corrected chi connectivity index (χ4v) is 3.02. The standard InChI is InChI=1S/C15H16F3NO/c16-15(17,18)12-3-1-10(2-4-12)9-13-14(20)11-5-7-19(13)8-6-11/h1-4,9,11,14,20H,5-8H2/b13-9+/t14-/m0/s1. The number of aliphatic hydroxyl groups is 1. The first-order chi connectivity index (χ1) is 9.45. The topological polar surface area (TPSA) is 23.5 Å². The van der Waals surface area contributed by atoms with Crippen molar-refractivity contribution in [1.29, 1.82) is 0 Å². The van der Waals surface area contributed by atoms with Crippen LogP contribution in [0, 0.1) is 5.92 Å². The zero-order chi connectivity index (χ0) is 14.3. The molecular weight excluding hydrogens is 267 g/mol. The molecule has 3 aliphatic rings. The van der Waals surface area contributed by atoms with Crippen molar-refractivity contribution in [3.8, 4) is 0 Å². The van der Waals surface area contributed by atoms with E-state index in [0.717, 1.165) is 43.8 Å². The Bertz CT molecular complexity index is 509. The molecule has 0 spiro atoms. The van der Waals surface area contributed by atoms with Crippen molar-refractivity contribution in [3.63, 3.8) is 0 Å². The van der Waals surface area contributed by atoms with Crippen LogP contribution in [0.25, 0.3) is 6.08 Å². The van der Waals surface area contributed by atoms with E-state index in [9.17, 15) is 18.3 Å². The van der Waals surface area contributed by atoms with Gasteiger partial charge in [-0.15, -0.1) is 0 Å². The molecule has 2 nitrogen and oxygen atoms in total. The normalized spacial score (nSPS) is 28.2. The molecule has 0 radical (unpaired) electrons. The van der Waals surface area contributed by atoms with Crippen LogP contribution in [0.1, 0.15) is 24.0 Å². The van der Waals surface area contributed by atoms with Crippen LogP contribution in [-0.2, 0) is 6.18 Å². The van der Waals surface area contributed by atoms with Gasteiger partial charge in [0.25, 0.3) is 0 Å². The van der Waals surface area contributed by atoms with E-state index in [1.165, 1.54) is 12.1 Å². The van der Waals surface area contributed by atoms with Crippen molar-refractivity contribution in [2.24, 2.45) is 5.92 Å². The van der Waals surface area contributed by atoms with E-state index in [1.54, 1.807) is 6.08 Å². The second-order valence-corrected chi connectivity index (χ2v) is 5.46. The summed E-state index contributed by atoms with van der Waals surface area (Å²) in [5.41, 5.74) is 0.887. The predicted octanol–water partition coefficient (Wildman–Crippen LogP) is 3.13. The molecule has 0 unspecified atom stereocenters. The van der Waals surface area contributed by atoms with E-state index >= 15 is 0 Å². The van der Waals surface area contributed by atoms with Crippen LogP contribution in [0.15, 0.2) is 30.0 Å². The molecule has 0 saturated carbocycles. The minimum Gasteiger partial charge on any atom is -0.387 e. The molecule has 1 aromatic carbocycles. The zero-order valence-electron chi connectivity index (χ0n) is 10.9. The highest BCUT2D eigenvalue weighted by atomic mass is 19.4. The molecule has 1 atom stereocenters. The Labute approximate surface area is 115 Å². The number of rotatable bonds is 1. The molecule has 0 aliphatic carbocycles. The maximum atomic E-state index is 12.5. The van der Waals surface area contributed by atoms with Gasteiger partial charge in [0, 0.05) is 18.8 Å². The van der Waals surface area contributed by atoms with E-state index in [4.69, 9.17) is 0 Å². The number of piperidine rings is 3. The van der Waals surface area contributed by atoms with Crippen molar-refractivity contribution < 1.29 is 18.3 Å². The van der Waals surface area contributed by atoms with Gasteiger partial charge < -0.3 is 10.0 Å². The lowest BCUT2D eigenvalue weighted by molar-refractivity contribution is -0.137. The van der Waals surface area contributed by atoms with Crippen molar-refractivity contribution in [2.45, 2.75) is 25.1 Å². The minimum atomic E-state index is -4.31. The molecule has 0 amide bonds. The van der Waals surface area contributed by atoms with Gasteiger partial charge >= 0.3 is 6.18 Å². The summed E-state index contributed by atoms with van der Waals surface area (Å²) in [7, 11) is 0. The van der Waals surface area contributed by atoms with Gasteiger partial charge in [-0.1, -0.05) is 12.1 Å². The first-order valence-electron chi connectivity index (χ1n) is 6.77. The average Bonchev–Trinajstić information content (AvgIpc) is 2.43. The number of alkyl halides is 3. The average molecular weight is 283 g/mol. The fraction of sp³-hybridized carbons (Fsp3) is 0.467. The number of aliphatic hydroxyl groups excluding tert-OH is 1. The highest BCUT2D eigenvalue weighted by molar-refractivity contribution is 5.54. The number of benzene rings is 1. The molecular formula is C15H16F3NO. The van der Waals surface area contributed by atoms with E-state index in [1.807, 2.05) is 0 Å². The van der Waals surface area contributed by atoms with Crippen molar-refractivity contribution >= 4 is 6.08 Å². The summed E-state index contributed by atoms with van der Waals surface area (Å²) < 4.78 is 37.5. The van der Waals surface area contributed by atoms with Crippen LogP contribution in [0.3, 0.4) is 0 Å². The number of nitrogens with zero attached hydrogens (tertiary/aromatic N) is 1. The maximum Gasteiger partial charge on any atom is 0.416 e. The van der Waals surface area contributed by atoms with Crippen molar-refractivity contribution in [2.75, 3.05) is 13.1 Å². The van der Waals surface area contributed by atoms with Gasteiger partial charge in [-0.05, 0) is 42.5 Å². The molecule has 5 heteroatoms. The van der Waals surface area contributed by atoms with Crippen molar-refractivity contribution in [3.05, 3.63) is 41.1 Å². The molecule has 3 aliphatic heterocycles. The van der Waals surface area contributed by atoms with Gasteiger partial charge in [-0.3, -0.25) is 0 Å². The van der Waals surface area contributed by atoms with Gasteiger partial charge in [-0.25, -0.2) is 0 Å². The van der Waals surface area contributed by atoms with Crippen LogP contribution in [0.4, 0.5) is 13.2 Å². The summed E-state index contributed by atoms with van der Waals surface area (Å²) in [6.07, 6.45) is -1.01. The minimum absolute atomic E-state index is 0.292. The molecule has 3 fully saturated rings. The molecule has 3 saturated heterocycles. The molecule has 1 aromatic rings. The summed E-state index contributed by atoms with van der Waals surface area (Å²) in [5.74, 6) is 0.292. The number of hydrogen-bond donors (Lipinski definition) is 1. The van der Waals surface area contributed by atoms with E-state index in [-0.39, 0.29) is 0 Å². The number of hydrogen-bond acceptors (Lipinski definition) is 2. The summed E-state index contributed by atoms with van der Waals surface area (Å²) >= 11 is 0. The first kappa shape index (κ1) is 13.5. The lowest BCUT2D eigenvalue weighted by Gasteiger charge is -2.45. The van der Waals surface area contributed by atoms with Gasteiger partial charge in [0.15, 0.2) is 0 Å². The lowest BCUT2D eigenvalue weighted by Crippen LogP contribution is -2.48. The summed E-state index contributed by atoms with van der Waals surface area (Å²) in [6.45, 7) is 1.85. The predicted molar refractivity (Wildman–Crippen MR) is 69.7 cm³/mol. The largest absolute Gasteiger partial charge is 0.416 e. The van der Waals surface area contributed by atoms with E-state index < -0.39 is 17.8 Å². The summed E-state index contributed by atoms with van der Waals surface area (Å²) in [6, 6.07) is 5.06. The maximum absolute atomic E-state index is 12.5. The monoisotopic (exact) mass is 283 g/mol. The smallest absolute Gasteiger partial charge is 0.387 e. The summed E-state index contributed by atoms with van der Waals surface area (Å²) in [5, 5.41) is 10.2. The Hall–Kier alpha value is -1.49. The molecule has 0 aromatic heterocycles. The van der Waals surface area contributed by atoms with Crippen LogP contribution in [0.2, 0.25) is 0 Å². The third kappa shape index (κ3) is 2.42. The SMILES string of the molecule is O[C@@H]1/C(=C\c2ccc(C(F)(F)F)cc2)N2CCC1CC2. The van der Waals surface area contributed by atoms with Gasteiger partial charge in [0.2, 0.25) is 0 Å². The Morgan fingerprint density at radius 3 is 2.20 bits per heavy atom. The Kier molecular flexibility index (Phi) is 3.24. The molecule has 1 N–H and O–H groups in total. The van der Waals surface area contributed by atoms with E-state index in [2.05, 4.69) is 4.90 Å². The second-order valence-electron chi connectivity index (χ2n) is 5.46. The van der Waals surface area contributed by atoms with Crippen LogP contribution < -0.4 is 0 Å². The summed E-state index contributed by atoms with van der Waals surface area (Å²) in [4.78, 5) is 2.13. The van der Waals surface area contributed by atoms with Crippen LogP contribution in [0.5, 0.6) is 0 Å². The number of halogens is 3. The molecule has 3 heterocycles. The van der Waals surface area contributed by atoms with Gasteiger partial charge in [0.1, 0.15) is 0 Å². The Morgan fingerprint density at radius 1 is 1.10 bits per heavy atom. The van der Waals surface area contributed by atoms with Crippen molar-refractivity contribution in [1.82, 2.24) is 4.90 Å². The Morgan fingerprint density at radius 2 is 1.70 bits per heavy atom. The second kappa shape index (κ2) is 4.81. The van der Waals surface area contributed by atoms with E-state index in [0.29, 0.717) is 11.5 Å². The molecule has 20 heavy (non-hydrogen) atoms. The molecule has 108 valence electrons. The van der Waals surface area contributed by atoms with Crippen LogP contribution in [-0.4, -0.2) is 29.2 Å². The quantitative estimate of drug-likeness (QED) is 0.856. The first-order valence-corrected chi connectivity index (χ1v) is 6.77. The third-order valence-electron chi connectivity index (χ3n) is 4.21. The molecule has 2 bridgehead atoms. The highest BCUT2D eigenvalue weighted by Gasteiger charge is 2.36. The Balaban J connectivity index is 1.85. The fourth-order valence-electron chi connectivity index (χ4n) is 3.02. The third-order valence-corrected chi connectivity index (χ3v) is 4.21. The van der Waals surface area contributed by atoms with Gasteiger partial charge in [-0.2, -0.15) is 13.2 Å².